The molecule has 0 fully saturated rings. The summed E-state index contributed by atoms with van der Waals surface area (Å²) in [6.07, 6.45) is 3.44. The van der Waals surface area contributed by atoms with E-state index in [-0.39, 0.29) is 5.91 Å². The molecule has 0 N–H and O–H groups in total. The molecular weight excluding hydrogens is 250 g/mol. The summed E-state index contributed by atoms with van der Waals surface area (Å²) in [6, 6.07) is 13.1. The second kappa shape index (κ2) is 5.14. The fourth-order valence-corrected chi connectivity index (χ4v) is 2.50. The van der Waals surface area contributed by atoms with Crippen LogP contribution in [0.5, 0.6) is 0 Å². The number of benzene rings is 1. The minimum absolute atomic E-state index is 0.144. The van der Waals surface area contributed by atoms with Crippen molar-refractivity contribution >= 4 is 11.6 Å². The molecule has 0 bridgehead atoms. The number of rotatable bonds is 1. The molecule has 2 heterocycles. The van der Waals surface area contributed by atoms with Gasteiger partial charge >= 0.3 is 0 Å². The molecule has 1 aromatic heterocycles. The fraction of sp³-hybridized carbons (Fsp3) is 0.188. The van der Waals surface area contributed by atoms with Crippen LogP contribution in [0.15, 0.2) is 42.6 Å². The molecule has 1 aliphatic rings. The van der Waals surface area contributed by atoms with E-state index in [1.54, 1.807) is 17.0 Å². The molecule has 2 aromatic rings. The van der Waals surface area contributed by atoms with Gasteiger partial charge in [0.25, 0.3) is 5.91 Å². The van der Waals surface area contributed by atoms with Crippen LogP contribution in [0.25, 0.3) is 0 Å². The van der Waals surface area contributed by atoms with Crippen LogP contribution in [-0.4, -0.2) is 17.4 Å². The number of hydrogen-bond donors (Lipinski definition) is 0. The van der Waals surface area contributed by atoms with Crippen molar-refractivity contribution in [3.8, 4) is 6.07 Å². The molecule has 4 nitrogen and oxygen atoms in total. The average molecular weight is 263 g/mol. The topological polar surface area (TPSA) is 57.0 Å². The van der Waals surface area contributed by atoms with Gasteiger partial charge in [-0.25, -0.2) is 0 Å². The maximum Gasteiger partial charge on any atom is 0.276 e. The lowest BCUT2D eigenvalue weighted by Crippen LogP contribution is -2.35. The van der Waals surface area contributed by atoms with Crippen LogP contribution >= 0.6 is 0 Å². The third kappa shape index (κ3) is 2.14. The van der Waals surface area contributed by atoms with E-state index < -0.39 is 0 Å². The fourth-order valence-electron chi connectivity index (χ4n) is 2.50. The van der Waals surface area contributed by atoms with Gasteiger partial charge in [-0.15, -0.1) is 0 Å². The first-order chi connectivity index (χ1) is 9.79. The molecule has 3 rings (SSSR count). The molecule has 0 radical (unpaired) electrons. The van der Waals surface area contributed by atoms with Gasteiger partial charge in [0.15, 0.2) is 0 Å². The first-order valence-electron chi connectivity index (χ1n) is 6.55. The molecule has 1 aromatic carbocycles. The lowest BCUT2D eigenvalue weighted by Gasteiger charge is -2.29. The summed E-state index contributed by atoms with van der Waals surface area (Å²) in [5.74, 6) is -0.144. The smallest absolute Gasteiger partial charge is 0.276 e. The molecular formula is C16H13N3O. The van der Waals surface area contributed by atoms with Crippen molar-refractivity contribution in [2.24, 2.45) is 0 Å². The van der Waals surface area contributed by atoms with Crippen molar-refractivity contribution in [3.63, 3.8) is 0 Å². The van der Waals surface area contributed by atoms with E-state index >= 15 is 0 Å². The highest BCUT2D eigenvalue weighted by molar-refractivity contribution is 6.05. The standard InChI is InChI=1S/C16H13N3O/c17-11-12-7-8-18-14(10-12)16(20)19-9-3-5-13-4-1-2-6-15(13)19/h1-2,4,6-8,10H,3,5,9H2. The number of carbonyl (C=O) groups excluding carboxylic acids is 1. The van der Waals surface area contributed by atoms with Gasteiger partial charge < -0.3 is 4.90 Å². The number of para-hydroxylation sites is 1. The van der Waals surface area contributed by atoms with Crippen LogP contribution in [0.1, 0.15) is 28.0 Å². The first-order valence-corrected chi connectivity index (χ1v) is 6.55. The molecule has 98 valence electrons. The minimum Gasteiger partial charge on any atom is -0.307 e. The maximum atomic E-state index is 12.6. The van der Waals surface area contributed by atoms with Crippen molar-refractivity contribution < 1.29 is 4.79 Å². The maximum absolute atomic E-state index is 12.6. The van der Waals surface area contributed by atoms with Gasteiger partial charge in [-0.05, 0) is 36.6 Å². The number of amides is 1. The Bertz CT molecular complexity index is 703. The van der Waals surface area contributed by atoms with Crippen molar-refractivity contribution in [3.05, 3.63) is 59.4 Å². The van der Waals surface area contributed by atoms with Gasteiger partial charge in [0.2, 0.25) is 0 Å². The second-order valence-corrected chi connectivity index (χ2v) is 4.73. The van der Waals surface area contributed by atoms with Crippen LogP contribution in [0, 0.1) is 11.3 Å². The number of fused-ring (bicyclic) bond motifs is 1. The number of nitriles is 1. The normalized spacial score (nSPS) is 13.4. The van der Waals surface area contributed by atoms with E-state index in [0.29, 0.717) is 17.8 Å². The van der Waals surface area contributed by atoms with E-state index in [4.69, 9.17) is 5.26 Å². The SMILES string of the molecule is N#Cc1ccnc(C(=O)N2CCCc3ccccc32)c1. The minimum atomic E-state index is -0.144. The van der Waals surface area contributed by atoms with Crippen LogP contribution in [0.3, 0.4) is 0 Å². The summed E-state index contributed by atoms with van der Waals surface area (Å²) in [5, 5.41) is 8.91. The third-order valence-electron chi connectivity index (χ3n) is 3.46. The van der Waals surface area contributed by atoms with E-state index in [2.05, 4.69) is 4.98 Å². The van der Waals surface area contributed by atoms with Crippen molar-refractivity contribution in [2.45, 2.75) is 12.8 Å². The monoisotopic (exact) mass is 263 g/mol. The van der Waals surface area contributed by atoms with Crippen molar-refractivity contribution in [1.82, 2.24) is 4.98 Å². The van der Waals surface area contributed by atoms with Gasteiger partial charge in [-0.1, -0.05) is 18.2 Å². The van der Waals surface area contributed by atoms with Crippen LogP contribution in [-0.2, 0) is 6.42 Å². The van der Waals surface area contributed by atoms with Crippen molar-refractivity contribution in [2.75, 3.05) is 11.4 Å². The van der Waals surface area contributed by atoms with Gasteiger partial charge in [-0.2, -0.15) is 5.26 Å². The Morgan fingerprint density at radius 3 is 3.00 bits per heavy atom. The zero-order valence-electron chi connectivity index (χ0n) is 10.9. The number of anilines is 1. The Kier molecular flexibility index (Phi) is 3.18. The number of aryl methyl sites for hydroxylation is 1. The highest BCUT2D eigenvalue weighted by Crippen LogP contribution is 2.27. The summed E-state index contributed by atoms with van der Waals surface area (Å²) in [5.41, 5.74) is 2.91. The third-order valence-corrected chi connectivity index (χ3v) is 3.46. The Balaban J connectivity index is 1.98. The zero-order chi connectivity index (χ0) is 13.9. The molecule has 0 spiro atoms. The van der Waals surface area contributed by atoms with E-state index in [1.807, 2.05) is 30.3 Å². The molecule has 20 heavy (non-hydrogen) atoms. The van der Waals surface area contributed by atoms with Gasteiger partial charge in [0.1, 0.15) is 5.69 Å². The summed E-state index contributed by atoms with van der Waals surface area (Å²) >= 11 is 0. The summed E-state index contributed by atoms with van der Waals surface area (Å²) in [6.45, 7) is 0.689. The summed E-state index contributed by atoms with van der Waals surface area (Å²) < 4.78 is 0. The zero-order valence-corrected chi connectivity index (χ0v) is 10.9. The Labute approximate surface area is 117 Å². The quantitative estimate of drug-likeness (QED) is 0.794. The Morgan fingerprint density at radius 1 is 1.30 bits per heavy atom. The van der Waals surface area contributed by atoms with Crippen LogP contribution in [0.2, 0.25) is 0 Å². The number of hydrogen-bond acceptors (Lipinski definition) is 3. The number of pyridine rings is 1. The van der Waals surface area contributed by atoms with Crippen LogP contribution < -0.4 is 4.90 Å². The van der Waals surface area contributed by atoms with Gasteiger partial charge in [0.05, 0.1) is 11.6 Å². The molecule has 0 unspecified atom stereocenters. The molecule has 0 saturated carbocycles. The Hall–Kier alpha value is -2.67. The van der Waals surface area contributed by atoms with E-state index in [0.717, 1.165) is 18.5 Å². The molecule has 4 heteroatoms. The Morgan fingerprint density at radius 2 is 2.15 bits per heavy atom. The lowest BCUT2D eigenvalue weighted by molar-refractivity contribution is 0.0980. The summed E-state index contributed by atoms with van der Waals surface area (Å²) in [4.78, 5) is 18.4. The van der Waals surface area contributed by atoms with E-state index in [1.165, 1.54) is 11.8 Å². The van der Waals surface area contributed by atoms with Gasteiger partial charge in [0, 0.05) is 18.4 Å². The average Bonchev–Trinajstić information content (AvgIpc) is 2.53. The number of carbonyl (C=O) groups is 1. The first kappa shape index (κ1) is 12.4. The van der Waals surface area contributed by atoms with E-state index in [9.17, 15) is 4.79 Å². The molecule has 0 atom stereocenters. The van der Waals surface area contributed by atoms with Crippen molar-refractivity contribution in [1.29, 1.82) is 5.26 Å². The molecule has 1 aliphatic heterocycles. The molecule has 0 aliphatic carbocycles. The molecule has 0 saturated heterocycles. The second-order valence-electron chi connectivity index (χ2n) is 4.73. The molecule has 1 amide bonds. The predicted octanol–water partition coefficient (Wildman–Crippen LogP) is 2.55. The highest BCUT2D eigenvalue weighted by atomic mass is 16.2. The van der Waals surface area contributed by atoms with Crippen LogP contribution in [0.4, 0.5) is 5.69 Å². The lowest BCUT2D eigenvalue weighted by atomic mass is 10.0. The number of aromatic nitrogens is 1. The largest absolute Gasteiger partial charge is 0.307 e. The predicted molar refractivity (Wildman–Crippen MR) is 75.4 cm³/mol. The summed E-state index contributed by atoms with van der Waals surface area (Å²) in [7, 11) is 0. The van der Waals surface area contributed by atoms with Gasteiger partial charge in [-0.3, -0.25) is 9.78 Å². The number of nitrogens with zero attached hydrogens (tertiary/aromatic N) is 3. The highest BCUT2D eigenvalue weighted by Gasteiger charge is 2.24.